The molecule has 55 heavy (non-hydrogen) atoms. The molecule has 3 N–H and O–H groups in total. The number of benzene rings is 2. The molecule has 3 rings (SSSR count). The molecule has 1 heterocycles. The Hall–Kier alpha value is -3.61. The quantitative estimate of drug-likeness (QED) is 0.140. The molecular formula is C43H67N5O6S. The fourth-order valence-electron chi connectivity index (χ4n) is 7.81. The molecule has 1 fully saturated rings. The van der Waals surface area contributed by atoms with E-state index >= 15 is 0 Å². The minimum Gasteiger partial charge on any atom is -0.508 e. The Kier molecular flexibility index (Phi) is 18.5. The predicted octanol–water partition coefficient (Wildman–Crippen LogP) is 5.60. The first kappa shape index (κ1) is 45.8. The zero-order chi connectivity index (χ0) is 40.8. The molecule has 0 radical (unpaired) electrons. The molecule has 6 unspecified atom stereocenters. The lowest BCUT2D eigenvalue weighted by molar-refractivity contribution is -0.146. The number of amides is 4. The van der Waals surface area contributed by atoms with Gasteiger partial charge in [0.2, 0.25) is 23.6 Å². The highest BCUT2D eigenvalue weighted by Crippen LogP contribution is 2.36. The molecule has 306 valence electrons. The van der Waals surface area contributed by atoms with E-state index in [0.717, 1.165) is 36.1 Å². The lowest BCUT2D eigenvalue weighted by atomic mass is 9.89. The van der Waals surface area contributed by atoms with Crippen molar-refractivity contribution < 1.29 is 29.0 Å². The van der Waals surface area contributed by atoms with Crippen LogP contribution in [0, 0.1) is 17.8 Å². The average Bonchev–Trinajstić information content (AvgIpc) is 3.64. The number of phenols is 1. The molecule has 1 aliphatic heterocycles. The maximum Gasteiger partial charge on any atom is 0.245 e. The summed E-state index contributed by atoms with van der Waals surface area (Å²) in [4.78, 5) is 61.9. The number of carbonyl (C=O) groups is 4. The van der Waals surface area contributed by atoms with Crippen LogP contribution in [0.4, 0.5) is 0 Å². The fraction of sp³-hybridized carbons (Fsp3) is 0.628. The van der Waals surface area contributed by atoms with E-state index in [4.69, 9.17) is 4.74 Å². The smallest absolute Gasteiger partial charge is 0.245 e. The summed E-state index contributed by atoms with van der Waals surface area (Å²) >= 11 is 1.55. The fourth-order valence-corrected chi connectivity index (χ4v) is 9.13. The van der Waals surface area contributed by atoms with Crippen molar-refractivity contribution in [2.45, 2.75) is 120 Å². The van der Waals surface area contributed by atoms with Crippen LogP contribution >= 0.6 is 11.8 Å². The first-order valence-electron chi connectivity index (χ1n) is 19.9. The number of likely N-dealkylation sites (N-methyl/N-ethyl adjacent to an activating group) is 2. The number of hydrogen-bond acceptors (Lipinski definition) is 8. The SMILES string of the molecule is CCC(C)C(C(CC(=O)N1CCCC1[C@@H](CC(=O)NCCc1ccccc1)Sc1ccc(O)cc1)OC)N(C)C(=O)C(NC(=O)C(C(C)C)N(C)C)C(C)C. The average molecular weight is 782 g/mol. The van der Waals surface area contributed by atoms with Gasteiger partial charge in [-0.15, -0.1) is 11.8 Å². The van der Waals surface area contributed by atoms with E-state index in [2.05, 4.69) is 24.5 Å². The Balaban J connectivity index is 1.82. The maximum absolute atomic E-state index is 14.4. The number of carbonyl (C=O) groups excluding carboxylic acids is 4. The number of nitrogens with zero attached hydrogens (tertiary/aromatic N) is 3. The van der Waals surface area contributed by atoms with Gasteiger partial charge in [-0.1, -0.05) is 78.3 Å². The van der Waals surface area contributed by atoms with Crippen LogP contribution < -0.4 is 10.6 Å². The van der Waals surface area contributed by atoms with Crippen LogP contribution in [0.3, 0.4) is 0 Å². The monoisotopic (exact) mass is 781 g/mol. The molecule has 2 aromatic carbocycles. The van der Waals surface area contributed by atoms with Crippen molar-refractivity contribution in [2.75, 3.05) is 41.3 Å². The number of aromatic hydroxyl groups is 1. The third kappa shape index (κ3) is 13.2. The topological polar surface area (TPSA) is 132 Å². The van der Waals surface area contributed by atoms with E-state index in [0.29, 0.717) is 13.1 Å². The molecule has 0 saturated carbocycles. The second-order valence-corrected chi connectivity index (χ2v) is 17.2. The van der Waals surface area contributed by atoms with E-state index < -0.39 is 18.2 Å². The predicted molar refractivity (Wildman–Crippen MR) is 221 cm³/mol. The van der Waals surface area contributed by atoms with Gasteiger partial charge in [0.05, 0.1) is 24.6 Å². The normalized spacial score (nSPS) is 17.8. The molecule has 0 bridgehead atoms. The number of likely N-dealkylation sites (tertiary alicyclic amines) is 1. The molecule has 0 aromatic heterocycles. The third-order valence-electron chi connectivity index (χ3n) is 10.9. The van der Waals surface area contributed by atoms with Gasteiger partial charge in [-0.2, -0.15) is 0 Å². The molecule has 0 aliphatic carbocycles. The summed E-state index contributed by atoms with van der Waals surface area (Å²) in [6, 6.07) is 15.2. The van der Waals surface area contributed by atoms with Gasteiger partial charge in [-0.3, -0.25) is 24.1 Å². The molecule has 1 aliphatic rings. The van der Waals surface area contributed by atoms with Crippen molar-refractivity contribution in [1.82, 2.24) is 25.3 Å². The summed E-state index contributed by atoms with van der Waals surface area (Å²) in [6.07, 6.45) is 2.73. The molecule has 11 nitrogen and oxygen atoms in total. The minimum absolute atomic E-state index is 0.00726. The van der Waals surface area contributed by atoms with E-state index in [9.17, 15) is 24.3 Å². The number of nitrogens with one attached hydrogen (secondary N) is 2. The molecule has 4 amide bonds. The number of rotatable bonds is 21. The highest BCUT2D eigenvalue weighted by molar-refractivity contribution is 8.00. The van der Waals surface area contributed by atoms with Gasteiger partial charge in [0.25, 0.3) is 0 Å². The first-order valence-corrected chi connectivity index (χ1v) is 20.8. The molecule has 0 spiro atoms. The number of hydrogen-bond donors (Lipinski definition) is 3. The Bertz CT molecular complexity index is 1500. The number of methoxy groups -OCH3 is 1. The zero-order valence-corrected chi connectivity index (χ0v) is 35.6. The van der Waals surface area contributed by atoms with Crippen molar-refractivity contribution >= 4 is 35.4 Å². The van der Waals surface area contributed by atoms with Crippen molar-refractivity contribution in [3.63, 3.8) is 0 Å². The van der Waals surface area contributed by atoms with Crippen LogP contribution in [0.1, 0.15) is 79.2 Å². The van der Waals surface area contributed by atoms with E-state index in [1.807, 2.05) is 94.1 Å². The largest absolute Gasteiger partial charge is 0.508 e. The summed E-state index contributed by atoms with van der Waals surface area (Å²) in [5, 5.41) is 15.8. The molecule has 12 heteroatoms. The number of ether oxygens (including phenoxy) is 1. The summed E-state index contributed by atoms with van der Waals surface area (Å²) < 4.78 is 6.08. The number of thioether (sulfide) groups is 1. The summed E-state index contributed by atoms with van der Waals surface area (Å²) in [7, 11) is 7.07. The van der Waals surface area contributed by atoms with Crippen LogP contribution in [0.2, 0.25) is 0 Å². The van der Waals surface area contributed by atoms with Crippen LogP contribution in [-0.4, -0.2) is 120 Å². The summed E-state index contributed by atoms with van der Waals surface area (Å²) in [6.45, 7) is 13.0. The molecule has 2 aromatic rings. The number of phenolic OH excluding ortho intramolecular Hbond substituents is 1. The molecule has 1 saturated heterocycles. The van der Waals surface area contributed by atoms with Gasteiger partial charge >= 0.3 is 0 Å². The highest BCUT2D eigenvalue weighted by Gasteiger charge is 2.41. The van der Waals surface area contributed by atoms with Crippen molar-refractivity contribution in [2.24, 2.45) is 17.8 Å². The van der Waals surface area contributed by atoms with Crippen LogP contribution in [0.25, 0.3) is 0 Å². The minimum atomic E-state index is -0.752. The van der Waals surface area contributed by atoms with Crippen molar-refractivity contribution in [1.29, 1.82) is 0 Å². The van der Waals surface area contributed by atoms with Crippen LogP contribution in [-0.2, 0) is 30.3 Å². The van der Waals surface area contributed by atoms with E-state index in [-0.39, 0.29) is 77.3 Å². The second-order valence-electron chi connectivity index (χ2n) is 15.9. The molecule has 7 atom stereocenters. The van der Waals surface area contributed by atoms with Gasteiger partial charge in [-0.05, 0) is 80.9 Å². The van der Waals surface area contributed by atoms with E-state index in [1.165, 1.54) is 0 Å². The Morgan fingerprint density at radius 2 is 1.60 bits per heavy atom. The van der Waals surface area contributed by atoms with Crippen molar-refractivity contribution in [3.8, 4) is 5.75 Å². The Morgan fingerprint density at radius 3 is 2.16 bits per heavy atom. The summed E-state index contributed by atoms with van der Waals surface area (Å²) in [5.74, 6) is -0.521. The highest BCUT2D eigenvalue weighted by atomic mass is 32.2. The lowest BCUT2D eigenvalue weighted by Gasteiger charge is -2.41. The molecular weight excluding hydrogens is 715 g/mol. The van der Waals surface area contributed by atoms with Gasteiger partial charge in [0, 0.05) is 49.9 Å². The first-order chi connectivity index (χ1) is 26.1. The van der Waals surface area contributed by atoms with Crippen molar-refractivity contribution in [3.05, 3.63) is 60.2 Å². The maximum atomic E-state index is 14.4. The standard InChI is InChI=1S/C43H67N5O6S/c1-11-30(6)41(47(9)43(53)39(28(2)3)45-42(52)40(29(4)5)46(7)8)35(54-10)26-38(51)48-25-15-18-34(48)36(55-33-21-19-32(49)20-22-33)27-37(50)44-24-23-31-16-13-12-14-17-31/h12-14,16-17,19-22,28-30,34-36,39-41,49H,11,15,18,23-27H2,1-10H3,(H,44,50)(H,45,52)/t30?,34?,35?,36-,39?,40?,41?/m1/s1. The summed E-state index contributed by atoms with van der Waals surface area (Å²) in [5.41, 5.74) is 1.15. The van der Waals surface area contributed by atoms with Crippen LogP contribution in [0.5, 0.6) is 5.75 Å². The van der Waals surface area contributed by atoms with Gasteiger partial charge in [0.15, 0.2) is 0 Å². The van der Waals surface area contributed by atoms with E-state index in [1.54, 1.807) is 43.0 Å². The van der Waals surface area contributed by atoms with Gasteiger partial charge < -0.3 is 30.3 Å². The lowest BCUT2D eigenvalue weighted by Crippen LogP contribution is -2.59. The zero-order valence-electron chi connectivity index (χ0n) is 34.8. The Morgan fingerprint density at radius 1 is 0.945 bits per heavy atom. The van der Waals surface area contributed by atoms with Crippen LogP contribution in [0.15, 0.2) is 59.5 Å². The second kappa shape index (κ2) is 22.2. The van der Waals surface area contributed by atoms with Gasteiger partial charge in [0.1, 0.15) is 11.8 Å². The third-order valence-corrected chi connectivity index (χ3v) is 12.2. The Labute approximate surface area is 334 Å². The van der Waals surface area contributed by atoms with Gasteiger partial charge in [-0.25, -0.2) is 0 Å².